The van der Waals surface area contributed by atoms with E-state index in [0.717, 1.165) is 16.3 Å². The van der Waals surface area contributed by atoms with Gasteiger partial charge in [-0.3, -0.25) is 9.59 Å². The first-order valence-corrected chi connectivity index (χ1v) is 7.94. The molecule has 0 saturated carbocycles. The smallest absolute Gasteiger partial charge is 0.263 e. The molecule has 2 heterocycles. The van der Waals surface area contributed by atoms with Crippen molar-refractivity contribution in [2.24, 2.45) is 0 Å². The number of aryl methyl sites for hydroxylation is 2. The van der Waals surface area contributed by atoms with Gasteiger partial charge < -0.3 is 10.3 Å². The monoisotopic (exact) mass is 319 g/mol. The maximum Gasteiger partial charge on any atom is 0.263 e. The average molecular weight is 319 g/mol. The molecule has 2 aromatic heterocycles. The van der Waals surface area contributed by atoms with Gasteiger partial charge in [-0.15, -0.1) is 11.3 Å². The Balaban J connectivity index is 2.11. The van der Waals surface area contributed by atoms with Gasteiger partial charge in [0.1, 0.15) is 4.88 Å². The Bertz CT molecular complexity index is 753. The summed E-state index contributed by atoms with van der Waals surface area (Å²) in [5.74, 6) is -0.202. The summed E-state index contributed by atoms with van der Waals surface area (Å²) >= 11 is 1.38. The number of carbonyl (C=O) groups is 1. The van der Waals surface area contributed by atoms with Crippen LogP contribution in [-0.4, -0.2) is 15.9 Å². The summed E-state index contributed by atoms with van der Waals surface area (Å²) in [7, 11) is 0. The van der Waals surface area contributed by atoms with Gasteiger partial charge in [-0.2, -0.15) is 0 Å². The minimum Gasteiger partial charge on any atom is -0.347 e. The van der Waals surface area contributed by atoms with Crippen LogP contribution in [0, 0.1) is 13.8 Å². The summed E-state index contributed by atoms with van der Waals surface area (Å²) in [5.41, 5.74) is 2.04. The van der Waals surface area contributed by atoms with Gasteiger partial charge in [-0.25, -0.2) is 4.98 Å². The van der Waals surface area contributed by atoms with Crippen LogP contribution in [0.2, 0.25) is 0 Å². The highest BCUT2D eigenvalue weighted by Crippen LogP contribution is 2.26. The summed E-state index contributed by atoms with van der Waals surface area (Å²) in [6, 6.07) is 1.90. The van der Waals surface area contributed by atoms with Crippen molar-refractivity contribution < 1.29 is 4.79 Å². The molecule has 0 radical (unpaired) electrons. The Morgan fingerprint density at radius 2 is 2.05 bits per heavy atom. The van der Waals surface area contributed by atoms with E-state index in [1.807, 2.05) is 19.9 Å². The summed E-state index contributed by atoms with van der Waals surface area (Å²) < 4.78 is 0. The second-order valence-electron chi connectivity index (χ2n) is 6.41. The molecule has 5 nitrogen and oxygen atoms in total. The molecule has 0 aliphatic heterocycles. The number of thiazole rings is 1. The third-order valence-electron chi connectivity index (χ3n) is 3.29. The van der Waals surface area contributed by atoms with Gasteiger partial charge in [0.05, 0.1) is 11.2 Å². The lowest BCUT2D eigenvalue weighted by Gasteiger charge is -2.13. The largest absolute Gasteiger partial charge is 0.347 e. The lowest BCUT2D eigenvalue weighted by atomic mass is 9.98. The topological polar surface area (TPSA) is 74.8 Å². The molecule has 0 aliphatic carbocycles. The second-order valence-corrected chi connectivity index (χ2v) is 7.44. The van der Waals surface area contributed by atoms with E-state index in [4.69, 9.17) is 0 Å². The van der Waals surface area contributed by atoms with Gasteiger partial charge in [-0.1, -0.05) is 20.8 Å². The Hall–Kier alpha value is -1.95. The lowest BCUT2D eigenvalue weighted by molar-refractivity contribution is 0.0954. The van der Waals surface area contributed by atoms with Crippen LogP contribution in [0.25, 0.3) is 0 Å². The molecule has 0 aromatic carbocycles. The van der Waals surface area contributed by atoms with Crippen molar-refractivity contribution in [3.05, 3.63) is 49.3 Å². The molecule has 2 N–H and O–H groups in total. The van der Waals surface area contributed by atoms with E-state index in [9.17, 15) is 9.59 Å². The van der Waals surface area contributed by atoms with Crippen molar-refractivity contribution in [2.75, 3.05) is 0 Å². The minimum absolute atomic E-state index is 0.0755. The van der Waals surface area contributed by atoms with E-state index < -0.39 is 0 Å². The van der Waals surface area contributed by atoms with Crippen molar-refractivity contribution in [2.45, 2.75) is 46.6 Å². The first-order valence-electron chi connectivity index (χ1n) is 7.12. The average Bonchev–Trinajstić information content (AvgIpc) is 2.86. The van der Waals surface area contributed by atoms with E-state index in [0.29, 0.717) is 10.4 Å². The predicted molar refractivity (Wildman–Crippen MR) is 88.5 cm³/mol. The number of amides is 1. The van der Waals surface area contributed by atoms with Crippen LogP contribution in [0.1, 0.15) is 52.3 Å². The molecule has 2 aromatic rings. The number of carbonyl (C=O) groups excluding carboxylic acids is 1. The van der Waals surface area contributed by atoms with Crippen LogP contribution < -0.4 is 10.9 Å². The van der Waals surface area contributed by atoms with E-state index in [1.165, 1.54) is 11.3 Å². The fourth-order valence-electron chi connectivity index (χ4n) is 2.08. The summed E-state index contributed by atoms with van der Waals surface area (Å²) in [4.78, 5) is 31.7. The zero-order valence-corrected chi connectivity index (χ0v) is 14.4. The first-order chi connectivity index (χ1) is 10.2. The fraction of sp³-hybridized carbons (Fsp3) is 0.438. The standard InChI is InChI=1S/C16H21N3O2S/c1-9-6-10(2)19-13(20)11(9)7-17-14(21)12-8-18-15(22-12)16(3,4)5/h6,8H,7H2,1-5H3,(H,17,21)(H,19,20). The van der Waals surface area contributed by atoms with Gasteiger partial charge >= 0.3 is 0 Å². The van der Waals surface area contributed by atoms with E-state index in [1.54, 1.807) is 6.20 Å². The Morgan fingerprint density at radius 1 is 1.36 bits per heavy atom. The molecule has 22 heavy (non-hydrogen) atoms. The van der Waals surface area contributed by atoms with Crippen LogP contribution in [0.5, 0.6) is 0 Å². The van der Waals surface area contributed by atoms with Crippen molar-refractivity contribution in [1.29, 1.82) is 0 Å². The highest BCUT2D eigenvalue weighted by Gasteiger charge is 2.20. The summed E-state index contributed by atoms with van der Waals surface area (Å²) in [6.07, 6.45) is 1.59. The minimum atomic E-state index is -0.202. The number of pyridine rings is 1. The van der Waals surface area contributed by atoms with Crippen molar-refractivity contribution in [3.63, 3.8) is 0 Å². The molecular weight excluding hydrogens is 298 g/mol. The van der Waals surface area contributed by atoms with E-state index >= 15 is 0 Å². The van der Waals surface area contributed by atoms with Gasteiger partial charge in [0, 0.05) is 23.2 Å². The number of nitrogens with zero attached hydrogens (tertiary/aromatic N) is 1. The van der Waals surface area contributed by atoms with Crippen LogP contribution in [0.15, 0.2) is 17.1 Å². The van der Waals surface area contributed by atoms with Crippen molar-refractivity contribution >= 4 is 17.2 Å². The molecular formula is C16H21N3O2S. The molecule has 0 aliphatic rings. The normalized spacial score (nSPS) is 11.5. The molecule has 0 bridgehead atoms. The SMILES string of the molecule is Cc1cc(C)c(CNC(=O)c2cnc(C(C)(C)C)s2)c(=O)[nH]1. The summed E-state index contributed by atoms with van der Waals surface area (Å²) in [6.45, 7) is 10.1. The third-order valence-corrected chi connectivity index (χ3v) is 4.71. The highest BCUT2D eigenvalue weighted by molar-refractivity contribution is 7.13. The van der Waals surface area contributed by atoms with Crippen LogP contribution in [-0.2, 0) is 12.0 Å². The fourth-order valence-corrected chi connectivity index (χ4v) is 2.97. The molecule has 0 saturated heterocycles. The second kappa shape index (κ2) is 6.04. The quantitative estimate of drug-likeness (QED) is 0.913. The van der Waals surface area contributed by atoms with Crippen LogP contribution in [0.4, 0.5) is 0 Å². The maximum atomic E-state index is 12.2. The third kappa shape index (κ3) is 3.62. The first kappa shape index (κ1) is 16.4. The number of H-pyrrole nitrogens is 1. The molecule has 118 valence electrons. The number of hydrogen-bond acceptors (Lipinski definition) is 4. The lowest BCUT2D eigenvalue weighted by Crippen LogP contribution is -2.27. The molecule has 0 fully saturated rings. The number of aromatic nitrogens is 2. The zero-order chi connectivity index (χ0) is 16.5. The maximum absolute atomic E-state index is 12.2. The Kier molecular flexibility index (Phi) is 4.51. The molecule has 6 heteroatoms. The zero-order valence-electron chi connectivity index (χ0n) is 13.5. The van der Waals surface area contributed by atoms with Crippen LogP contribution in [0.3, 0.4) is 0 Å². The number of nitrogens with one attached hydrogen (secondary N) is 2. The Labute approximate surface area is 133 Å². The molecule has 0 atom stereocenters. The number of rotatable bonds is 3. The van der Waals surface area contributed by atoms with Gasteiger partial charge in [-0.05, 0) is 25.5 Å². The molecule has 1 amide bonds. The number of aromatic amines is 1. The van der Waals surface area contributed by atoms with Gasteiger partial charge in [0.25, 0.3) is 11.5 Å². The van der Waals surface area contributed by atoms with E-state index in [-0.39, 0.29) is 23.4 Å². The summed E-state index contributed by atoms with van der Waals surface area (Å²) in [5, 5.41) is 3.71. The van der Waals surface area contributed by atoms with Gasteiger partial charge in [0.2, 0.25) is 0 Å². The van der Waals surface area contributed by atoms with E-state index in [2.05, 4.69) is 36.1 Å². The van der Waals surface area contributed by atoms with Crippen LogP contribution >= 0.6 is 11.3 Å². The van der Waals surface area contributed by atoms with Crippen molar-refractivity contribution in [1.82, 2.24) is 15.3 Å². The van der Waals surface area contributed by atoms with Gasteiger partial charge in [0.15, 0.2) is 0 Å². The molecule has 0 spiro atoms. The number of hydrogen-bond donors (Lipinski definition) is 2. The Morgan fingerprint density at radius 3 is 2.59 bits per heavy atom. The highest BCUT2D eigenvalue weighted by atomic mass is 32.1. The van der Waals surface area contributed by atoms with Crippen molar-refractivity contribution in [3.8, 4) is 0 Å². The molecule has 2 rings (SSSR count). The molecule has 0 unspecified atom stereocenters. The predicted octanol–water partition coefficient (Wildman–Crippen LogP) is 2.68.